The number of aryl methyl sites for hydroxylation is 1. The van der Waals surface area contributed by atoms with Crippen LogP contribution in [0.25, 0.3) is 0 Å². The van der Waals surface area contributed by atoms with Crippen LogP contribution in [0.3, 0.4) is 0 Å². The van der Waals surface area contributed by atoms with Gasteiger partial charge in [-0.1, -0.05) is 24.8 Å². The minimum Gasteiger partial charge on any atom is -0.370 e. The molecular formula is C13H17NO2S. The summed E-state index contributed by atoms with van der Waals surface area (Å²) >= 11 is 0. The zero-order chi connectivity index (χ0) is 12.3. The van der Waals surface area contributed by atoms with Gasteiger partial charge in [0.05, 0.1) is 5.75 Å². The van der Waals surface area contributed by atoms with Crippen LogP contribution >= 0.6 is 0 Å². The van der Waals surface area contributed by atoms with Crippen molar-refractivity contribution in [3.63, 3.8) is 0 Å². The molecule has 92 valence electrons. The van der Waals surface area contributed by atoms with E-state index in [9.17, 15) is 8.42 Å². The average molecular weight is 251 g/mol. The number of benzene rings is 1. The van der Waals surface area contributed by atoms with Gasteiger partial charge < -0.3 is 4.90 Å². The molecule has 0 amide bonds. The Labute approximate surface area is 103 Å². The predicted octanol–water partition coefficient (Wildman–Crippen LogP) is 2.00. The normalized spacial score (nSPS) is 15.4. The second-order valence-electron chi connectivity index (χ2n) is 4.25. The van der Waals surface area contributed by atoms with Crippen LogP contribution in [0.4, 0.5) is 5.69 Å². The summed E-state index contributed by atoms with van der Waals surface area (Å²) in [6.07, 6.45) is 2.17. The van der Waals surface area contributed by atoms with Crippen molar-refractivity contribution in [2.75, 3.05) is 23.7 Å². The predicted molar refractivity (Wildman–Crippen MR) is 71.0 cm³/mol. The Morgan fingerprint density at radius 1 is 1.35 bits per heavy atom. The Kier molecular flexibility index (Phi) is 3.52. The maximum Gasteiger partial charge on any atom is 0.172 e. The summed E-state index contributed by atoms with van der Waals surface area (Å²) in [4.78, 5) is 2.15. The molecule has 0 N–H and O–H groups in total. The van der Waals surface area contributed by atoms with E-state index in [1.165, 1.54) is 11.3 Å². The number of para-hydroxylation sites is 1. The first-order valence-electron chi connectivity index (χ1n) is 5.80. The molecule has 1 aliphatic rings. The lowest BCUT2D eigenvalue weighted by molar-refractivity contribution is 0.601. The third-order valence-corrected chi connectivity index (χ3v) is 4.37. The fourth-order valence-electron chi connectivity index (χ4n) is 2.16. The Bertz CT molecular complexity index is 508. The molecule has 0 saturated carbocycles. The van der Waals surface area contributed by atoms with Crippen LogP contribution in [0.1, 0.15) is 12.0 Å². The van der Waals surface area contributed by atoms with Crippen LogP contribution in [-0.2, 0) is 16.3 Å². The van der Waals surface area contributed by atoms with Crippen molar-refractivity contribution in [3.8, 4) is 0 Å². The lowest BCUT2D eigenvalue weighted by atomic mass is 10.0. The minimum absolute atomic E-state index is 0.144. The molecule has 2 rings (SSSR count). The lowest BCUT2D eigenvalue weighted by Gasteiger charge is -2.31. The maximum atomic E-state index is 11.4. The van der Waals surface area contributed by atoms with Gasteiger partial charge in [-0.3, -0.25) is 0 Å². The summed E-state index contributed by atoms with van der Waals surface area (Å²) in [5.74, 6) is 0.144. The van der Waals surface area contributed by atoms with Crippen molar-refractivity contribution < 1.29 is 8.42 Å². The van der Waals surface area contributed by atoms with E-state index < -0.39 is 9.84 Å². The number of hydrogen-bond donors (Lipinski definition) is 0. The molecule has 0 radical (unpaired) electrons. The molecule has 0 aromatic heterocycles. The SMILES string of the molecule is C=CS(=O)(=O)CCN1CCCc2ccccc21. The van der Waals surface area contributed by atoms with Crippen molar-refractivity contribution in [1.29, 1.82) is 0 Å². The molecule has 0 unspecified atom stereocenters. The Morgan fingerprint density at radius 2 is 2.12 bits per heavy atom. The summed E-state index contributed by atoms with van der Waals surface area (Å²) in [6, 6.07) is 8.21. The van der Waals surface area contributed by atoms with Gasteiger partial charge in [-0.15, -0.1) is 0 Å². The van der Waals surface area contributed by atoms with Gasteiger partial charge in [-0.05, 0) is 24.5 Å². The topological polar surface area (TPSA) is 37.4 Å². The number of hydrogen-bond acceptors (Lipinski definition) is 3. The van der Waals surface area contributed by atoms with Gasteiger partial charge in [0.25, 0.3) is 0 Å². The van der Waals surface area contributed by atoms with Crippen LogP contribution in [-0.4, -0.2) is 27.3 Å². The lowest BCUT2D eigenvalue weighted by Crippen LogP contribution is -2.33. The summed E-state index contributed by atoms with van der Waals surface area (Å²) < 4.78 is 22.8. The van der Waals surface area contributed by atoms with Crippen LogP contribution in [0, 0.1) is 0 Å². The highest BCUT2D eigenvalue weighted by molar-refractivity contribution is 7.94. The Balaban J connectivity index is 2.12. The minimum atomic E-state index is -3.10. The number of sulfone groups is 1. The van der Waals surface area contributed by atoms with Gasteiger partial charge in [-0.25, -0.2) is 8.42 Å². The summed E-state index contributed by atoms with van der Waals surface area (Å²) in [7, 11) is -3.10. The Hall–Kier alpha value is -1.29. The fourth-order valence-corrected chi connectivity index (χ4v) is 2.81. The van der Waals surface area contributed by atoms with Gasteiger partial charge in [0.1, 0.15) is 0 Å². The zero-order valence-corrected chi connectivity index (χ0v) is 10.6. The van der Waals surface area contributed by atoms with Crippen molar-refractivity contribution in [1.82, 2.24) is 0 Å². The molecule has 1 aromatic carbocycles. The van der Waals surface area contributed by atoms with E-state index in [-0.39, 0.29) is 5.75 Å². The summed E-state index contributed by atoms with van der Waals surface area (Å²) in [5, 5.41) is 1.04. The molecule has 1 aromatic rings. The second kappa shape index (κ2) is 4.92. The van der Waals surface area contributed by atoms with Crippen LogP contribution in [0.2, 0.25) is 0 Å². The van der Waals surface area contributed by atoms with E-state index in [4.69, 9.17) is 0 Å². The van der Waals surface area contributed by atoms with E-state index in [0.717, 1.165) is 24.8 Å². The fraction of sp³-hybridized carbons (Fsp3) is 0.385. The summed E-state index contributed by atoms with van der Waals surface area (Å²) in [6.45, 7) is 4.82. The highest BCUT2D eigenvalue weighted by Gasteiger charge is 2.17. The molecule has 0 fully saturated rings. The average Bonchev–Trinajstić information content (AvgIpc) is 2.36. The van der Waals surface area contributed by atoms with Gasteiger partial charge in [0.15, 0.2) is 9.84 Å². The summed E-state index contributed by atoms with van der Waals surface area (Å²) in [5.41, 5.74) is 2.49. The van der Waals surface area contributed by atoms with Gasteiger partial charge >= 0.3 is 0 Å². The largest absolute Gasteiger partial charge is 0.370 e. The van der Waals surface area contributed by atoms with Crippen molar-refractivity contribution in [2.45, 2.75) is 12.8 Å². The third-order valence-electron chi connectivity index (χ3n) is 3.11. The quantitative estimate of drug-likeness (QED) is 0.821. The first-order valence-corrected chi connectivity index (χ1v) is 7.52. The monoisotopic (exact) mass is 251 g/mol. The number of fused-ring (bicyclic) bond motifs is 1. The highest BCUT2D eigenvalue weighted by Crippen LogP contribution is 2.26. The molecule has 3 nitrogen and oxygen atoms in total. The van der Waals surface area contributed by atoms with E-state index in [1.807, 2.05) is 12.1 Å². The standard InChI is InChI=1S/C13H17NO2S/c1-2-17(15,16)11-10-14-9-5-7-12-6-3-4-8-13(12)14/h2-4,6,8H,1,5,7,9-11H2. The molecule has 1 aliphatic heterocycles. The first-order chi connectivity index (χ1) is 8.12. The van der Waals surface area contributed by atoms with Crippen molar-refractivity contribution >= 4 is 15.5 Å². The van der Waals surface area contributed by atoms with Gasteiger partial charge in [0, 0.05) is 24.2 Å². The van der Waals surface area contributed by atoms with Crippen LogP contribution in [0.5, 0.6) is 0 Å². The third kappa shape index (κ3) is 2.88. The smallest absolute Gasteiger partial charge is 0.172 e. The molecule has 4 heteroatoms. The maximum absolute atomic E-state index is 11.4. The first kappa shape index (κ1) is 12.2. The van der Waals surface area contributed by atoms with Crippen molar-refractivity contribution in [2.24, 2.45) is 0 Å². The van der Waals surface area contributed by atoms with E-state index in [0.29, 0.717) is 6.54 Å². The van der Waals surface area contributed by atoms with E-state index in [2.05, 4.69) is 23.6 Å². The van der Waals surface area contributed by atoms with Crippen LogP contribution < -0.4 is 4.90 Å². The van der Waals surface area contributed by atoms with E-state index >= 15 is 0 Å². The molecule has 0 spiro atoms. The van der Waals surface area contributed by atoms with Crippen molar-refractivity contribution in [3.05, 3.63) is 41.8 Å². The van der Waals surface area contributed by atoms with E-state index in [1.54, 1.807) is 0 Å². The second-order valence-corrected chi connectivity index (χ2v) is 6.32. The highest BCUT2D eigenvalue weighted by atomic mass is 32.2. The number of rotatable bonds is 4. The molecule has 0 bridgehead atoms. The Morgan fingerprint density at radius 3 is 2.88 bits per heavy atom. The molecule has 17 heavy (non-hydrogen) atoms. The number of anilines is 1. The van der Waals surface area contributed by atoms with Gasteiger partial charge in [0.2, 0.25) is 0 Å². The zero-order valence-electron chi connectivity index (χ0n) is 9.80. The molecule has 0 aliphatic carbocycles. The molecule has 1 heterocycles. The van der Waals surface area contributed by atoms with Crippen LogP contribution in [0.15, 0.2) is 36.3 Å². The molecule has 0 saturated heterocycles. The molecular weight excluding hydrogens is 234 g/mol. The molecule has 0 atom stereocenters. The number of nitrogens with zero attached hydrogens (tertiary/aromatic N) is 1. The van der Waals surface area contributed by atoms with Gasteiger partial charge in [-0.2, -0.15) is 0 Å².